The van der Waals surface area contributed by atoms with Crippen molar-refractivity contribution in [2.45, 2.75) is 30.8 Å². The highest BCUT2D eigenvalue weighted by Crippen LogP contribution is 2.16. The van der Waals surface area contributed by atoms with E-state index in [1.54, 1.807) is 0 Å². The van der Waals surface area contributed by atoms with Crippen molar-refractivity contribution in [1.82, 2.24) is 9.62 Å². The van der Waals surface area contributed by atoms with E-state index in [9.17, 15) is 18.0 Å². The molecule has 2 aromatic rings. The monoisotopic (exact) mass is 418 g/mol. The van der Waals surface area contributed by atoms with Gasteiger partial charge < -0.3 is 10.1 Å². The molecule has 7 nitrogen and oxygen atoms in total. The molecule has 8 heteroatoms. The highest BCUT2D eigenvalue weighted by molar-refractivity contribution is 7.89. The molecule has 0 heterocycles. The van der Waals surface area contributed by atoms with Crippen molar-refractivity contribution in [2.75, 3.05) is 20.6 Å². The van der Waals surface area contributed by atoms with Crippen molar-refractivity contribution >= 4 is 21.9 Å². The van der Waals surface area contributed by atoms with Crippen LogP contribution in [0.5, 0.6) is 0 Å². The van der Waals surface area contributed by atoms with Crippen LogP contribution in [-0.2, 0) is 19.6 Å². The topological polar surface area (TPSA) is 92.8 Å². The Morgan fingerprint density at radius 1 is 1.03 bits per heavy atom. The number of amides is 1. The van der Waals surface area contributed by atoms with Crippen molar-refractivity contribution in [3.8, 4) is 0 Å². The SMILES string of the molecule is C[C@H](CNC(=O)[C@@H](C)OC(=O)c1cccc(S(=O)(=O)N(C)C)c1)c1ccccc1. The van der Waals surface area contributed by atoms with Gasteiger partial charge in [0, 0.05) is 20.6 Å². The fraction of sp³-hybridized carbons (Fsp3) is 0.333. The van der Waals surface area contributed by atoms with E-state index in [1.165, 1.54) is 45.3 Å². The van der Waals surface area contributed by atoms with Crippen LogP contribution in [0.1, 0.15) is 35.7 Å². The lowest BCUT2D eigenvalue weighted by atomic mass is 10.0. The quantitative estimate of drug-likeness (QED) is 0.665. The first kappa shape index (κ1) is 22.6. The molecule has 0 aliphatic rings. The largest absolute Gasteiger partial charge is 0.449 e. The smallest absolute Gasteiger partial charge is 0.338 e. The van der Waals surface area contributed by atoms with E-state index in [1.807, 2.05) is 37.3 Å². The highest BCUT2D eigenvalue weighted by atomic mass is 32.2. The number of carbonyl (C=O) groups excluding carboxylic acids is 2. The van der Waals surface area contributed by atoms with E-state index >= 15 is 0 Å². The second-order valence-corrected chi connectivity index (χ2v) is 9.07. The lowest BCUT2D eigenvalue weighted by molar-refractivity contribution is -0.129. The molecule has 1 N–H and O–H groups in total. The van der Waals surface area contributed by atoms with Crippen molar-refractivity contribution in [3.05, 3.63) is 65.7 Å². The van der Waals surface area contributed by atoms with Crippen molar-refractivity contribution < 1.29 is 22.7 Å². The van der Waals surface area contributed by atoms with Crippen LogP contribution < -0.4 is 5.32 Å². The van der Waals surface area contributed by atoms with Gasteiger partial charge in [-0.15, -0.1) is 0 Å². The third-order valence-corrected chi connectivity index (χ3v) is 6.26. The predicted octanol–water partition coefficient (Wildman–Crippen LogP) is 2.40. The molecule has 0 unspecified atom stereocenters. The number of esters is 1. The molecule has 2 aromatic carbocycles. The van der Waals surface area contributed by atoms with Gasteiger partial charge in [0.25, 0.3) is 5.91 Å². The molecular formula is C21H26N2O5S. The third kappa shape index (κ3) is 5.88. The Morgan fingerprint density at radius 2 is 1.69 bits per heavy atom. The predicted molar refractivity (Wildman–Crippen MR) is 110 cm³/mol. The maximum absolute atomic E-state index is 12.4. The molecule has 0 saturated heterocycles. The van der Waals surface area contributed by atoms with Gasteiger partial charge in [-0.05, 0) is 36.6 Å². The first-order valence-electron chi connectivity index (χ1n) is 9.19. The average molecular weight is 419 g/mol. The number of sulfonamides is 1. The fourth-order valence-corrected chi connectivity index (χ4v) is 3.52. The zero-order chi connectivity index (χ0) is 21.6. The standard InChI is InChI=1S/C21H26N2O5S/c1-15(17-9-6-5-7-10-17)14-22-20(24)16(2)28-21(25)18-11-8-12-19(13-18)29(26,27)23(3)4/h5-13,15-16H,14H2,1-4H3,(H,22,24)/t15-,16-/m1/s1. The average Bonchev–Trinajstić information content (AvgIpc) is 2.72. The summed E-state index contributed by atoms with van der Waals surface area (Å²) in [4.78, 5) is 24.6. The molecule has 0 saturated carbocycles. The van der Waals surface area contributed by atoms with Gasteiger partial charge >= 0.3 is 5.97 Å². The van der Waals surface area contributed by atoms with E-state index in [4.69, 9.17) is 4.74 Å². The minimum atomic E-state index is -3.68. The molecule has 0 aliphatic carbocycles. The summed E-state index contributed by atoms with van der Waals surface area (Å²) in [5.74, 6) is -1.08. The minimum Gasteiger partial charge on any atom is -0.449 e. The molecule has 2 atom stereocenters. The maximum atomic E-state index is 12.4. The van der Waals surface area contributed by atoms with Crippen LogP contribution in [-0.4, -0.2) is 51.3 Å². The summed E-state index contributed by atoms with van der Waals surface area (Å²) >= 11 is 0. The summed E-state index contributed by atoms with van der Waals surface area (Å²) in [5.41, 5.74) is 1.15. The van der Waals surface area contributed by atoms with Crippen LogP contribution in [0, 0.1) is 0 Å². The summed E-state index contributed by atoms with van der Waals surface area (Å²) in [6.07, 6.45) is -1.01. The van der Waals surface area contributed by atoms with E-state index in [-0.39, 0.29) is 16.4 Å². The normalized spacial score (nSPS) is 13.6. The first-order valence-corrected chi connectivity index (χ1v) is 10.6. The lowest BCUT2D eigenvalue weighted by Gasteiger charge is -2.17. The zero-order valence-electron chi connectivity index (χ0n) is 17.0. The van der Waals surface area contributed by atoms with Gasteiger partial charge in [-0.2, -0.15) is 0 Å². The van der Waals surface area contributed by atoms with Gasteiger partial charge in [0.2, 0.25) is 10.0 Å². The highest BCUT2D eigenvalue weighted by Gasteiger charge is 2.22. The van der Waals surface area contributed by atoms with Gasteiger partial charge in [0.15, 0.2) is 6.10 Å². The number of benzene rings is 2. The van der Waals surface area contributed by atoms with Gasteiger partial charge in [0.05, 0.1) is 10.5 Å². The Balaban J connectivity index is 1.97. The number of carbonyl (C=O) groups is 2. The molecule has 0 aliphatic heterocycles. The minimum absolute atomic E-state index is 0.0225. The van der Waals surface area contributed by atoms with Gasteiger partial charge in [0.1, 0.15) is 0 Å². The number of nitrogens with zero attached hydrogens (tertiary/aromatic N) is 1. The summed E-state index contributed by atoms with van der Waals surface area (Å²) < 4.78 is 30.7. The van der Waals surface area contributed by atoms with E-state index in [0.29, 0.717) is 6.54 Å². The third-order valence-electron chi connectivity index (χ3n) is 4.45. The number of hydrogen-bond acceptors (Lipinski definition) is 5. The summed E-state index contributed by atoms with van der Waals surface area (Å²) in [6.45, 7) is 3.87. The molecule has 29 heavy (non-hydrogen) atoms. The van der Waals surface area contributed by atoms with Gasteiger partial charge in [-0.1, -0.05) is 43.3 Å². The molecule has 0 radical (unpaired) electrons. The van der Waals surface area contributed by atoms with Crippen molar-refractivity contribution in [2.24, 2.45) is 0 Å². The Bertz CT molecular complexity index is 958. The van der Waals surface area contributed by atoms with E-state index < -0.39 is 28.0 Å². The Kier molecular flexibility index (Phi) is 7.53. The Labute approximate surface area is 171 Å². The molecule has 0 fully saturated rings. The Hall–Kier alpha value is -2.71. The van der Waals surface area contributed by atoms with E-state index in [2.05, 4.69) is 5.32 Å². The van der Waals surface area contributed by atoms with Crippen LogP contribution in [0.4, 0.5) is 0 Å². The molecule has 1 amide bonds. The van der Waals surface area contributed by atoms with E-state index in [0.717, 1.165) is 9.87 Å². The number of ether oxygens (including phenoxy) is 1. The Morgan fingerprint density at radius 3 is 2.31 bits per heavy atom. The lowest BCUT2D eigenvalue weighted by Crippen LogP contribution is -2.37. The van der Waals surface area contributed by atoms with Crippen molar-refractivity contribution in [1.29, 1.82) is 0 Å². The van der Waals surface area contributed by atoms with Crippen LogP contribution in [0.25, 0.3) is 0 Å². The van der Waals surface area contributed by atoms with Gasteiger partial charge in [-0.25, -0.2) is 17.5 Å². The van der Waals surface area contributed by atoms with Gasteiger partial charge in [-0.3, -0.25) is 4.79 Å². The van der Waals surface area contributed by atoms with Crippen LogP contribution in [0.3, 0.4) is 0 Å². The second kappa shape index (κ2) is 9.67. The number of rotatable bonds is 8. The summed E-state index contributed by atoms with van der Waals surface area (Å²) in [6, 6.07) is 15.3. The van der Waals surface area contributed by atoms with Crippen LogP contribution in [0.2, 0.25) is 0 Å². The van der Waals surface area contributed by atoms with Crippen molar-refractivity contribution in [3.63, 3.8) is 0 Å². The van der Waals surface area contributed by atoms with Crippen LogP contribution >= 0.6 is 0 Å². The maximum Gasteiger partial charge on any atom is 0.338 e. The summed E-state index contributed by atoms with van der Waals surface area (Å²) in [5, 5.41) is 2.77. The molecule has 0 bridgehead atoms. The number of hydrogen-bond donors (Lipinski definition) is 1. The first-order chi connectivity index (χ1) is 13.6. The molecule has 0 spiro atoms. The molecule has 2 rings (SSSR count). The van der Waals surface area contributed by atoms with Crippen LogP contribution in [0.15, 0.2) is 59.5 Å². The summed E-state index contributed by atoms with van der Waals surface area (Å²) in [7, 11) is -0.864. The second-order valence-electron chi connectivity index (χ2n) is 6.92. The molecular weight excluding hydrogens is 392 g/mol. The number of nitrogens with one attached hydrogen (secondary N) is 1. The fourth-order valence-electron chi connectivity index (χ4n) is 2.57. The molecule has 0 aromatic heterocycles. The molecule has 156 valence electrons. The zero-order valence-corrected chi connectivity index (χ0v) is 17.8.